The molecule has 3 aromatic rings. The fourth-order valence-corrected chi connectivity index (χ4v) is 3.56. The van der Waals surface area contributed by atoms with E-state index < -0.39 is 5.97 Å². The van der Waals surface area contributed by atoms with Crippen molar-refractivity contribution >= 4 is 33.8 Å². The lowest BCUT2D eigenvalue weighted by atomic mass is 10.1. The lowest BCUT2D eigenvalue weighted by molar-refractivity contribution is 0.0697. The molecule has 0 heterocycles. The standard InChI is InChI=1S/C25H24BrNO4/c1-4-30-23-13-19(14-27-22-7-5-6-16(2)17(22)3)12-21(26)24(23)31-15-18-8-10-20(11-9-18)25(28)29/h5-14H,4,15H2,1-3H3,(H,28,29). The van der Waals surface area contributed by atoms with Crippen molar-refractivity contribution in [2.24, 2.45) is 4.99 Å². The second-order valence-electron chi connectivity index (χ2n) is 7.03. The number of carboxylic acid groups (broad SMARTS) is 1. The molecule has 31 heavy (non-hydrogen) atoms. The summed E-state index contributed by atoms with van der Waals surface area (Å²) in [6, 6.07) is 16.5. The minimum atomic E-state index is -0.952. The van der Waals surface area contributed by atoms with Crippen molar-refractivity contribution in [1.29, 1.82) is 0 Å². The summed E-state index contributed by atoms with van der Waals surface area (Å²) in [6.45, 7) is 6.82. The van der Waals surface area contributed by atoms with E-state index in [0.29, 0.717) is 18.1 Å². The van der Waals surface area contributed by atoms with E-state index in [4.69, 9.17) is 14.6 Å². The second kappa shape index (κ2) is 10.3. The number of rotatable bonds is 8. The van der Waals surface area contributed by atoms with Crippen molar-refractivity contribution in [3.63, 3.8) is 0 Å². The van der Waals surface area contributed by atoms with Gasteiger partial charge in [0.1, 0.15) is 6.61 Å². The zero-order chi connectivity index (χ0) is 22.4. The summed E-state index contributed by atoms with van der Waals surface area (Å²) in [5, 5.41) is 9.02. The molecule has 0 amide bonds. The summed E-state index contributed by atoms with van der Waals surface area (Å²) in [5.41, 5.74) is 5.27. The number of ether oxygens (including phenoxy) is 2. The summed E-state index contributed by atoms with van der Waals surface area (Å²) in [4.78, 5) is 15.6. The Kier molecular flexibility index (Phi) is 7.47. The molecule has 0 aliphatic heterocycles. The van der Waals surface area contributed by atoms with E-state index in [1.165, 1.54) is 5.56 Å². The maximum Gasteiger partial charge on any atom is 0.335 e. The predicted octanol–water partition coefficient (Wildman–Crippen LogP) is 6.49. The predicted molar refractivity (Wildman–Crippen MR) is 126 cm³/mol. The third kappa shape index (κ3) is 5.73. The van der Waals surface area contributed by atoms with Gasteiger partial charge in [-0.25, -0.2) is 4.79 Å². The number of aromatic carboxylic acids is 1. The first kappa shape index (κ1) is 22.6. The highest BCUT2D eigenvalue weighted by molar-refractivity contribution is 9.10. The maximum absolute atomic E-state index is 11.0. The van der Waals surface area contributed by atoms with Crippen LogP contribution in [0.4, 0.5) is 5.69 Å². The SMILES string of the molecule is CCOc1cc(C=Nc2cccc(C)c2C)cc(Br)c1OCc1ccc(C(=O)O)cc1. The van der Waals surface area contributed by atoms with E-state index in [1.807, 2.05) is 37.4 Å². The molecule has 0 saturated heterocycles. The minimum absolute atomic E-state index is 0.243. The topological polar surface area (TPSA) is 68.1 Å². The summed E-state index contributed by atoms with van der Waals surface area (Å²) in [5.74, 6) is 0.251. The maximum atomic E-state index is 11.0. The van der Waals surface area contributed by atoms with Gasteiger partial charge in [0.2, 0.25) is 0 Å². The Balaban J connectivity index is 1.82. The van der Waals surface area contributed by atoms with Crippen LogP contribution < -0.4 is 9.47 Å². The molecule has 6 heteroatoms. The van der Waals surface area contributed by atoms with Gasteiger partial charge in [-0.15, -0.1) is 0 Å². The Morgan fingerprint density at radius 3 is 2.52 bits per heavy atom. The average Bonchev–Trinajstić information content (AvgIpc) is 2.74. The number of nitrogens with zero attached hydrogens (tertiary/aromatic N) is 1. The molecular weight excluding hydrogens is 458 g/mol. The molecular formula is C25H24BrNO4. The van der Waals surface area contributed by atoms with Gasteiger partial charge in [0.15, 0.2) is 11.5 Å². The van der Waals surface area contributed by atoms with Crippen molar-refractivity contribution in [1.82, 2.24) is 0 Å². The highest BCUT2D eigenvalue weighted by Gasteiger charge is 2.13. The van der Waals surface area contributed by atoms with Crippen LogP contribution in [0.5, 0.6) is 11.5 Å². The monoisotopic (exact) mass is 481 g/mol. The minimum Gasteiger partial charge on any atom is -0.490 e. The van der Waals surface area contributed by atoms with E-state index in [1.54, 1.807) is 24.3 Å². The number of aliphatic imine (C=N–C) groups is 1. The number of carbonyl (C=O) groups is 1. The van der Waals surface area contributed by atoms with E-state index in [-0.39, 0.29) is 12.2 Å². The van der Waals surface area contributed by atoms with E-state index in [2.05, 4.69) is 40.8 Å². The molecule has 0 spiro atoms. The van der Waals surface area contributed by atoms with Gasteiger partial charge in [-0.05, 0) is 89.3 Å². The van der Waals surface area contributed by atoms with E-state index in [9.17, 15) is 4.79 Å². The Hall–Kier alpha value is -3.12. The van der Waals surface area contributed by atoms with Gasteiger partial charge in [0, 0.05) is 6.21 Å². The van der Waals surface area contributed by atoms with Gasteiger partial charge in [-0.2, -0.15) is 0 Å². The van der Waals surface area contributed by atoms with Crippen molar-refractivity contribution in [3.05, 3.63) is 86.9 Å². The first-order valence-electron chi connectivity index (χ1n) is 9.90. The van der Waals surface area contributed by atoms with Gasteiger partial charge in [0.05, 0.1) is 22.3 Å². The van der Waals surface area contributed by atoms with E-state index >= 15 is 0 Å². The fraction of sp³-hybridized carbons (Fsp3) is 0.200. The highest BCUT2D eigenvalue weighted by Crippen LogP contribution is 2.37. The number of hydrogen-bond donors (Lipinski definition) is 1. The Morgan fingerprint density at radius 1 is 1.10 bits per heavy atom. The van der Waals surface area contributed by atoms with Gasteiger partial charge in [0.25, 0.3) is 0 Å². The number of benzene rings is 3. The van der Waals surface area contributed by atoms with Gasteiger partial charge >= 0.3 is 5.97 Å². The number of carboxylic acids is 1. The molecule has 0 aliphatic carbocycles. The molecule has 160 valence electrons. The van der Waals surface area contributed by atoms with Crippen molar-refractivity contribution in [3.8, 4) is 11.5 Å². The Bertz CT molecular complexity index is 1110. The molecule has 0 atom stereocenters. The molecule has 0 unspecified atom stereocenters. The smallest absolute Gasteiger partial charge is 0.335 e. The molecule has 0 fully saturated rings. The summed E-state index contributed by atoms with van der Waals surface area (Å²) in [6.07, 6.45) is 1.81. The highest BCUT2D eigenvalue weighted by atomic mass is 79.9. The summed E-state index contributed by atoms with van der Waals surface area (Å²) >= 11 is 3.58. The molecule has 0 radical (unpaired) electrons. The molecule has 3 aromatic carbocycles. The largest absolute Gasteiger partial charge is 0.490 e. The number of hydrogen-bond acceptors (Lipinski definition) is 4. The third-order valence-corrected chi connectivity index (χ3v) is 5.43. The summed E-state index contributed by atoms with van der Waals surface area (Å²) < 4.78 is 12.5. The van der Waals surface area contributed by atoms with Gasteiger partial charge < -0.3 is 14.6 Å². The molecule has 1 N–H and O–H groups in total. The van der Waals surface area contributed by atoms with Crippen LogP contribution in [0.15, 0.2) is 64.1 Å². The Labute approximate surface area is 190 Å². The molecule has 0 saturated carbocycles. The van der Waals surface area contributed by atoms with Crippen LogP contribution in [0.2, 0.25) is 0 Å². The molecule has 3 rings (SSSR count). The number of aryl methyl sites for hydroxylation is 1. The van der Waals surface area contributed by atoms with E-state index in [0.717, 1.165) is 26.9 Å². The second-order valence-corrected chi connectivity index (χ2v) is 7.89. The summed E-state index contributed by atoms with van der Waals surface area (Å²) in [7, 11) is 0. The quantitative estimate of drug-likeness (QED) is 0.373. The lowest BCUT2D eigenvalue weighted by Crippen LogP contribution is -2.02. The zero-order valence-electron chi connectivity index (χ0n) is 17.7. The van der Waals surface area contributed by atoms with Crippen LogP contribution in [-0.2, 0) is 6.61 Å². The van der Waals surface area contributed by atoms with Crippen molar-refractivity contribution in [2.75, 3.05) is 6.61 Å². The average molecular weight is 482 g/mol. The zero-order valence-corrected chi connectivity index (χ0v) is 19.3. The van der Waals surface area contributed by atoms with Crippen LogP contribution in [0.1, 0.15) is 39.5 Å². The molecule has 0 aliphatic rings. The fourth-order valence-electron chi connectivity index (χ4n) is 2.98. The van der Waals surface area contributed by atoms with Crippen LogP contribution in [0.3, 0.4) is 0 Å². The van der Waals surface area contributed by atoms with Crippen LogP contribution in [-0.4, -0.2) is 23.9 Å². The van der Waals surface area contributed by atoms with Crippen molar-refractivity contribution < 1.29 is 19.4 Å². The van der Waals surface area contributed by atoms with Crippen LogP contribution in [0.25, 0.3) is 0 Å². The normalized spacial score (nSPS) is 11.0. The van der Waals surface area contributed by atoms with Crippen molar-refractivity contribution in [2.45, 2.75) is 27.4 Å². The third-order valence-electron chi connectivity index (χ3n) is 4.84. The molecule has 0 aromatic heterocycles. The molecule has 0 bridgehead atoms. The van der Waals surface area contributed by atoms with Gasteiger partial charge in [-0.3, -0.25) is 4.99 Å². The first-order valence-corrected chi connectivity index (χ1v) is 10.7. The Morgan fingerprint density at radius 2 is 1.84 bits per heavy atom. The number of halogens is 1. The van der Waals surface area contributed by atoms with Crippen LogP contribution >= 0.6 is 15.9 Å². The van der Waals surface area contributed by atoms with Gasteiger partial charge in [-0.1, -0.05) is 24.3 Å². The molecule has 5 nitrogen and oxygen atoms in total. The first-order chi connectivity index (χ1) is 14.9. The van der Waals surface area contributed by atoms with Crippen LogP contribution in [0, 0.1) is 13.8 Å². The lowest BCUT2D eigenvalue weighted by Gasteiger charge is -2.15.